The van der Waals surface area contributed by atoms with Gasteiger partial charge in [-0.2, -0.15) is 0 Å². The van der Waals surface area contributed by atoms with Crippen LogP contribution < -0.4 is 9.47 Å². The number of hydrogen-bond donors (Lipinski definition) is 0. The van der Waals surface area contributed by atoms with Crippen molar-refractivity contribution in [3.05, 3.63) is 35.4 Å². The van der Waals surface area contributed by atoms with Crippen molar-refractivity contribution < 1.29 is 18.9 Å². The standard InChI is InChI=1S/C20H30O4/c1-13(9-10-18-19(3,4)24-20(5,6)23-18)15-12-16(21-7)14(2)11-17(15)22-8/h9-13,18H,1-8H3/b10-9+/t13-,18-/m1/s1. The molecule has 2 rings (SSSR count). The Bertz CT molecular complexity index is 616. The number of hydrogen-bond acceptors (Lipinski definition) is 4. The molecule has 1 heterocycles. The van der Waals surface area contributed by atoms with Gasteiger partial charge >= 0.3 is 0 Å². The average molecular weight is 334 g/mol. The van der Waals surface area contributed by atoms with E-state index in [1.807, 2.05) is 32.9 Å². The predicted molar refractivity (Wildman–Crippen MR) is 96.0 cm³/mol. The Morgan fingerprint density at radius 3 is 2.21 bits per heavy atom. The van der Waals surface area contributed by atoms with Crippen LogP contribution in [0.25, 0.3) is 0 Å². The van der Waals surface area contributed by atoms with E-state index in [4.69, 9.17) is 18.9 Å². The molecule has 1 aliphatic heterocycles. The van der Waals surface area contributed by atoms with Gasteiger partial charge in [0.15, 0.2) is 5.79 Å². The van der Waals surface area contributed by atoms with Gasteiger partial charge in [-0.15, -0.1) is 0 Å². The summed E-state index contributed by atoms with van der Waals surface area (Å²) in [7, 11) is 3.38. The normalized spacial score (nSPS) is 23.4. The van der Waals surface area contributed by atoms with Gasteiger partial charge in [0, 0.05) is 11.5 Å². The third kappa shape index (κ3) is 3.93. The molecule has 0 N–H and O–H groups in total. The van der Waals surface area contributed by atoms with Gasteiger partial charge < -0.3 is 18.9 Å². The summed E-state index contributed by atoms with van der Waals surface area (Å²) < 4.78 is 23.0. The van der Waals surface area contributed by atoms with E-state index in [9.17, 15) is 0 Å². The Morgan fingerprint density at radius 2 is 1.71 bits per heavy atom. The van der Waals surface area contributed by atoms with Crippen molar-refractivity contribution in [2.24, 2.45) is 0 Å². The van der Waals surface area contributed by atoms with Crippen LogP contribution in [-0.2, 0) is 9.47 Å². The van der Waals surface area contributed by atoms with Crippen molar-refractivity contribution in [1.82, 2.24) is 0 Å². The Balaban J connectivity index is 2.25. The minimum absolute atomic E-state index is 0.0895. The first-order valence-corrected chi connectivity index (χ1v) is 8.38. The van der Waals surface area contributed by atoms with E-state index in [0.29, 0.717) is 0 Å². The van der Waals surface area contributed by atoms with E-state index in [-0.39, 0.29) is 17.6 Å². The number of ether oxygens (including phenoxy) is 4. The molecule has 0 unspecified atom stereocenters. The molecule has 134 valence electrons. The average Bonchev–Trinajstić information content (AvgIpc) is 2.71. The van der Waals surface area contributed by atoms with E-state index >= 15 is 0 Å². The molecule has 4 heteroatoms. The number of allylic oxidation sites excluding steroid dienone is 1. The molecule has 0 radical (unpaired) electrons. The summed E-state index contributed by atoms with van der Waals surface area (Å²) in [6.45, 7) is 12.1. The molecule has 0 amide bonds. The fourth-order valence-corrected chi connectivity index (χ4v) is 3.24. The van der Waals surface area contributed by atoms with Crippen LogP contribution in [0.4, 0.5) is 0 Å². The molecule has 1 fully saturated rings. The van der Waals surface area contributed by atoms with Crippen molar-refractivity contribution >= 4 is 0 Å². The molecule has 0 aromatic heterocycles. The Labute approximate surface area is 145 Å². The van der Waals surface area contributed by atoms with Crippen LogP contribution in [0.2, 0.25) is 0 Å². The van der Waals surface area contributed by atoms with Crippen molar-refractivity contribution in [1.29, 1.82) is 0 Å². The SMILES string of the molecule is COc1cc([C@H](C)/C=C/[C@H]2OC(C)(C)OC2(C)C)c(OC)cc1C. The van der Waals surface area contributed by atoms with Gasteiger partial charge in [-0.05, 0) is 52.3 Å². The second kappa shape index (κ2) is 6.77. The van der Waals surface area contributed by atoms with Gasteiger partial charge in [-0.1, -0.05) is 19.1 Å². The van der Waals surface area contributed by atoms with E-state index in [2.05, 4.69) is 32.9 Å². The summed E-state index contributed by atoms with van der Waals surface area (Å²) in [5.74, 6) is 1.34. The maximum Gasteiger partial charge on any atom is 0.164 e. The molecular weight excluding hydrogens is 304 g/mol. The maximum atomic E-state index is 6.01. The van der Waals surface area contributed by atoms with Crippen LogP contribution in [0.3, 0.4) is 0 Å². The van der Waals surface area contributed by atoms with Gasteiger partial charge in [-0.25, -0.2) is 0 Å². The minimum atomic E-state index is -0.563. The molecule has 1 aromatic carbocycles. The van der Waals surface area contributed by atoms with Crippen LogP contribution in [-0.4, -0.2) is 31.7 Å². The zero-order chi connectivity index (χ0) is 18.1. The quantitative estimate of drug-likeness (QED) is 0.737. The van der Waals surface area contributed by atoms with Crippen LogP contribution in [0.5, 0.6) is 11.5 Å². The lowest BCUT2D eigenvalue weighted by atomic mass is 9.95. The summed E-state index contributed by atoms with van der Waals surface area (Å²) >= 11 is 0. The van der Waals surface area contributed by atoms with Gasteiger partial charge in [0.25, 0.3) is 0 Å². The summed E-state index contributed by atoms with van der Waals surface area (Å²) in [6.07, 6.45) is 4.14. The topological polar surface area (TPSA) is 36.9 Å². The van der Waals surface area contributed by atoms with E-state index in [0.717, 1.165) is 22.6 Å². The zero-order valence-electron chi connectivity index (χ0n) is 16.1. The largest absolute Gasteiger partial charge is 0.496 e. The molecule has 0 aliphatic carbocycles. The van der Waals surface area contributed by atoms with Crippen LogP contribution in [0.1, 0.15) is 51.7 Å². The second-order valence-electron chi connectivity index (χ2n) is 7.38. The van der Waals surface area contributed by atoms with Crippen LogP contribution >= 0.6 is 0 Å². The summed E-state index contributed by atoms with van der Waals surface area (Å²) in [5.41, 5.74) is 1.80. The molecular formula is C20H30O4. The highest BCUT2D eigenvalue weighted by molar-refractivity contribution is 5.48. The third-order valence-electron chi connectivity index (χ3n) is 4.42. The fourth-order valence-electron chi connectivity index (χ4n) is 3.24. The van der Waals surface area contributed by atoms with Crippen molar-refractivity contribution in [3.63, 3.8) is 0 Å². The highest BCUT2D eigenvalue weighted by Crippen LogP contribution is 2.38. The minimum Gasteiger partial charge on any atom is -0.496 e. The highest BCUT2D eigenvalue weighted by Gasteiger charge is 2.45. The first-order chi connectivity index (χ1) is 11.1. The molecule has 1 aliphatic rings. The van der Waals surface area contributed by atoms with Crippen LogP contribution in [0.15, 0.2) is 24.3 Å². The van der Waals surface area contributed by atoms with Crippen molar-refractivity contribution in [2.45, 2.75) is 65.0 Å². The summed E-state index contributed by atoms with van der Waals surface area (Å²) in [6, 6.07) is 4.06. The van der Waals surface area contributed by atoms with Gasteiger partial charge in [0.05, 0.1) is 19.8 Å². The summed E-state index contributed by atoms with van der Waals surface area (Å²) in [5, 5.41) is 0. The summed E-state index contributed by atoms with van der Waals surface area (Å²) in [4.78, 5) is 0. The molecule has 0 spiro atoms. The lowest BCUT2D eigenvalue weighted by molar-refractivity contribution is -0.155. The van der Waals surface area contributed by atoms with Crippen LogP contribution in [0, 0.1) is 6.92 Å². The molecule has 1 saturated heterocycles. The molecule has 4 nitrogen and oxygen atoms in total. The van der Waals surface area contributed by atoms with Gasteiger partial charge in [0.2, 0.25) is 0 Å². The first kappa shape index (κ1) is 18.8. The molecule has 2 atom stereocenters. The molecule has 0 saturated carbocycles. The van der Waals surface area contributed by atoms with E-state index < -0.39 is 5.79 Å². The van der Waals surface area contributed by atoms with Crippen molar-refractivity contribution in [2.75, 3.05) is 14.2 Å². The number of methoxy groups -OCH3 is 2. The lowest BCUT2D eigenvalue weighted by Crippen LogP contribution is -2.31. The molecule has 1 aromatic rings. The second-order valence-corrected chi connectivity index (χ2v) is 7.38. The Hall–Kier alpha value is -1.52. The number of aryl methyl sites for hydroxylation is 1. The lowest BCUT2D eigenvalue weighted by Gasteiger charge is -2.22. The first-order valence-electron chi connectivity index (χ1n) is 8.38. The maximum absolute atomic E-state index is 6.01. The third-order valence-corrected chi connectivity index (χ3v) is 4.42. The Kier molecular flexibility index (Phi) is 5.31. The number of benzene rings is 1. The number of rotatable bonds is 5. The highest BCUT2D eigenvalue weighted by atomic mass is 16.8. The monoisotopic (exact) mass is 334 g/mol. The fraction of sp³-hybridized carbons (Fsp3) is 0.600. The predicted octanol–water partition coefficient (Wildman–Crippen LogP) is 4.60. The van der Waals surface area contributed by atoms with E-state index in [1.54, 1.807) is 14.2 Å². The van der Waals surface area contributed by atoms with Gasteiger partial charge in [0.1, 0.15) is 17.6 Å². The smallest absolute Gasteiger partial charge is 0.164 e. The zero-order valence-corrected chi connectivity index (χ0v) is 16.1. The Morgan fingerprint density at radius 1 is 1.08 bits per heavy atom. The molecule has 0 bridgehead atoms. The van der Waals surface area contributed by atoms with Crippen molar-refractivity contribution in [3.8, 4) is 11.5 Å². The van der Waals surface area contributed by atoms with E-state index in [1.165, 1.54) is 0 Å². The van der Waals surface area contributed by atoms with Gasteiger partial charge in [-0.3, -0.25) is 0 Å². The molecule has 24 heavy (non-hydrogen) atoms.